The van der Waals surface area contributed by atoms with Gasteiger partial charge in [0.2, 0.25) is 0 Å². The largest absolute Gasteiger partial charge is 0.127 e. The molecule has 0 aromatic carbocycles. The lowest BCUT2D eigenvalue weighted by Crippen LogP contribution is -2.55. The quantitative estimate of drug-likeness (QED) is 0.480. The first-order valence-corrected chi connectivity index (χ1v) is 10.3. The number of halogens is 2. The lowest BCUT2D eigenvalue weighted by Gasteiger charge is -2.66. The predicted octanol–water partition coefficient (Wildman–Crippen LogP) is 7.22. The van der Waals surface area contributed by atoms with E-state index in [9.17, 15) is 0 Å². The molecule has 4 fully saturated rings. The summed E-state index contributed by atoms with van der Waals surface area (Å²) in [4.78, 5) is 1.89. The van der Waals surface area contributed by atoms with Crippen molar-refractivity contribution in [3.63, 3.8) is 0 Å². The molecule has 4 bridgehead atoms. The van der Waals surface area contributed by atoms with Crippen LogP contribution in [0.1, 0.15) is 68.5 Å². The van der Waals surface area contributed by atoms with Gasteiger partial charge in [0.15, 0.2) is 0 Å². The Balaban J connectivity index is 1.59. The van der Waals surface area contributed by atoms with E-state index in [1.165, 1.54) is 49.8 Å². The maximum Gasteiger partial charge on any atom is 0.0931 e. The molecule has 3 unspecified atom stereocenters. The molecule has 1 aromatic heterocycles. The number of alkyl halides is 1. The van der Waals surface area contributed by atoms with Crippen molar-refractivity contribution in [1.29, 1.82) is 0 Å². The Labute approximate surface area is 145 Å². The van der Waals surface area contributed by atoms with Crippen LogP contribution in [0.5, 0.6) is 0 Å². The number of rotatable bonds is 3. The summed E-state index contributed by atoms with van der Waals surface area (Å²) in [6, 6.07) is 4.24. The van der Waals surface area contributed by atoms with Crippen molar-refractivity contribution in [2.24, 2.45) is 22.2 Å². The van der Waals surface area contributed by atoms with E-state index in [1.807, 2.05) is 6.07 Å². The summed E-state index contributed by atoms with van der Waals surface area (Å²) in [5.74, 6) is 0.989. The smallest absolute Gasteiger partial charge is 0.0931 e. The van der Waals surface area contributed by atoms with Crippen LogP contribution in [0.15, 0.2) is 12.1 Å². The molecule has 0 spiro atoms. The molecule has 21 heavy (non-hydrogen) atoms. The van der Waals surface area contributed by atoms with Gasteiger partial charge in [0.1, 0.15) is 0 Å². The Hall–Kier alpha value is 0.470. The second-order valence-electron chi connectivity index (χ2n) is 8.94. The fourth-order valence-corrected chi connectivity index (χ4v) is 9.05. The highest BCUT2D eigenvalue weighted by Gasteiger charge is 2.60. The van der Waals surface area contributed by atoms with Gasteiger partial charge in [-0.15, -0.1) is 11.3 Å². The molecule has 1 aromatic rings. The van der Waals surface area contributed by atoms with Gasteiger partial charge in [-0.1, -0.05) is 41.4 Å². The Morgan fingerprint density at radius 3 is 2.38 bits per heavy atom. The van der Waals surface area contributed by atoms with E-state index in [1.54, 1.807) is 11.3 Å². The highest BCUT2D eigenvalue weighted by Crippen LogP contribution is 2.71. The summed E-state index contributed by atoms with van der Waals surface area (Å²) in [5.41, 5.74) is 1.81. The monoisotopic (exact) mass is 386 g/mol. The molecule has 5 rings (SSSR count). The molecule has 0 saturated heterocycles. The molecule has 3 heteroatoms. The zero-order valence-electron chi connectivity index (χ0n) is 12.9. The standard InChI is InChI=1S/C18H24BrClS/c1-16-5-12-6-17(2,9-16)11-18(7-12,10-16)8-13(19)14-3-4-15(20)21-14/h3-4,12-13H,5-11H2,1-2H3. The third-order valence-corrected chi connectivity index (χ3v) is 8.72. The van der Waals surface area contributed by atoms with Crippen LogP contribution < -0.4 is 0 Å². The van der Waals surface area contributed by atoms with Crippen LogP contribution in [0.25, 0.3) is 0 Å². The first-order valence-electron chi connectivity index (χ1n) is 8.18. The van der Waals surface area contributed by atoms with Crippen molar-refractivity contribution in [3.05, 3.63) is 21.3 Å². The van der Waals surface area contributed by atoms with E-state index >= 15 is 0 Å². The van der Waals surface area contributed by atoms with Crippen molar-refractivity contribution >= 4 is 38.9 Å². The fourth-order valence-electron chi connectivity index (χ4n) is 6.89. The average molecular weight is 388 g/mol. The zero-order valence-corrected chi connectivity index (χ0v) is 16.1. The Kier molecular flexibility index (Phi) is 3.39. The molecule has 4 aliphatic carbocycles. The van der Waals surface area contributed by atoms with Crippen LogP contribution in [-0.4, -0.2) is 0 Å². The summed E-state index contributed by atoms with van der Waals surface area (Å²) < 4.78 is 0.916. The van der Waals surface area contributed by atoms with Crippen LogP contribution in [0.4, 0.5) is 0 Å². The lowest BCUT2D eigenvalue weighted by atomic mass is 9.40. The molecule has 0 N–H and O–H groups in total. The number of hydrogen-bond acceptors (Lipinski definition) is 1. The summed E-state index contributed by atoms with van der Waals surface area (Å²) in [7, 11) is 0. The number of thiophene rings is 1. The molecule has 4 saturated carbocycles. The third kappa shape index (κ3) is 2.64. The van der Waals surface area contributed by atoms with E-state index < -0.39 is 0 Å². The van der Waals surface area contributed by atoms with Crippen LogP contribution in [0.2, 0.25) is 4.34 Å². The molecule has 0 amide bonds. The molecule has 4 aliphatic rings. The molecule has 0 nitrogen and oxygen atoms in total. The molecule has 0 aliphatic heterocycles. The van der Waals surface area contributed by atoms with Crippen molar-refractivity contribution in [2.75, 3.05) is 0 Å². The topological polar surface area (TPSA) is 0 Å². The summed E-state index contributed by atoms with van der Waals surface area (Å²) in [6.07, 6.45) is 10.1. The van der Waals surface area contributed by atoms with Crippen LogP contribution in [0, 0.1) is 22.2 Å². The van der Waals surface area contributed by atoms with Gasteiger partial charge in [-0.3, -0.25) is 0 Å². The normalized spacial score (nSPS) is 46.0. The second-order valence-corrected chi connectivity index (χ2v) is 11.8. The second kappa shape index (κ2) is 4.74. The zero-order chi connectivity index (χ0) is 14.9. The van der Waals surface area contributed by atoms with Crippen molar-refractivity contribution < 1.29 is 0 Å². The van der Waals surface area contributed by atoms with Gasteiger partial charge in [0.05, 0.1) is 4.34 Å². The van der Waals surface area contributed by atoms with Gasteiger partial charge in [0, 0.05) is 9.70 Å². The van der Waals surface area contributed by atoms with Gasteiger partial charge < -0.3 is 0 Å². The lowest BCUT2D eigenvalue weighted by molar-refractivity contribution is -0.147. The first kappa shape index (κ1) is 15.0. The molecule has 0 radical (unpaired) electrons. The minimum Gasteiger partial charge on any atom is -0.127 e. The minimum absolute atomic E-state index is 0.485. The SMILES string of the molecule is CC12CC3CC(C)(C1)CC(CC(Br)c1ccc(Cl)s1)(C3)C2. The predicted molar refractivity (Wildman–Crippen MR) is 95.5 cm³/mol. The van der Waals surface area contributed by atoms with E-state index in [0.29, 0.717) is 21.1 Å². The van der Waals surface area contributed by atoms with Crippen LogP contribution >= 0.6 is 38.9 Å². The third-order valence-electron chi connectivity index (χ3n) is 6.26. The van der Waals surface area contributed by atoms with Crippen molar-refractivity contribution in [3.8, 4) is 0 Å². The fraction of sp³-hybridized carbons (Fsp3) is 0.778. The highest BCUT2D eigenvalue weighted by molar-refractivity contribution is 9.09. The van der Waals surface area contributed by atoms with E-state index in [4.69, 9.17) is 11.6 Å². The number of hydrogen-bond donors (Lipinski definition) is 0. The summed E-state index contributed by atoms with van der Waals surface area (Å²) >= 11 is 11.8. The van der Waals surface area contributed by atoms with E-state index in [2.05, 4.69) is 35.8 Å². The Bertz CT molecular complexity index is 547. The Morgan fingerprint density at radius 2 is 1.86 bits per heavy atom. The highest BCUT2D eigenvalue weighted by atomic mass is 79.9. The van der Waals surface area contributed by atoms with Gasteiger partial charge in [-0.2, -0.15) is 0 Å². The van der Waals surface area contributed by atoms with Crippen LogP contribution in [-0.2, 0) is 0 Å². The molecule has 116 valence electrons. The average Bonchev–Trinajstić information content (AvgIpc) is 2.70. The van der Waals surface area contributed by atoms with Gasteiger partial charge >= 0.3 is 0 Å². The Morgan fingerprint density at radius 1 is 1.19 bits per heavy atom. The maximum atomic E-state index is 6.12. The molecule has 1 heterocycles. The molecule has 3 atom stereocenters. The van der Waals surface area contributed by atoms with Gasteiger partial charge in [-0.05, 0) is 79.2 Å². The maximum absolute atomic E-state index is 6.12. The molecular formula is C18H24BrClS. The minimum atomic E-state index is 0.485. The van der Waals surface area contributed by atoms with Crippen molar-refractivity contribution in [2.45, 2.75) is 63.6 Å². The summed E-state index contributed by atoms with van der Waals surface area (Å²) in [6.45, 7) is 5.13. The van der Waals surface area contributed by atoms with Crippen molar-refractivity contribution in [1.82, 2.24) is 0 Å². The molecular weight excluding hydrogens is 364 g/mol. The van der Waals surface area contributed by atoms with E-state index in [0.717, 1.165) is 10.3 Å². The first-order chi connectivity index (χ1) is 9.79. The van der Waals surface area contributed by atoms with Gasteiger partial charge in [-0.25, -0.2) is 0 Å². The summed E-state index contributed by atoms with van der Waals surface area (Å²) in [5, 5.41) is 0. The van der Waals surface area contributed by atoms with Crippen LogP contribution in [0.3, 0.4) is 0 Å². The van der Waals surface area contributed by atoms with Gasteiger partial charge in [0.25, 0.3) is 0 Å². The van der Waals surface area contributed by atoms with E-state index in [-0.39, 0.29) is 0 Å².